The SMILES string of the molecule is COC(=O)c1cnc(Nc2cc(C)nc(C3CCN(C(=O)OC(C)(C)C)CC3)n2)s1. The Labute approximate surface area is 179 Å². The number of ether oxygens (including phenoxy) is 2. The van der Waals surface area contributed by atoms with Crippen molar-refractivity contribution in [1.29, 1.82) is 0 Å². The van der Waals surface area contributed by atoms with E-state index in [0.29, 0.717) is 28.9 Å². The highest BCUT2D eigenvalue weighted by molar-refractivity contribution is 7.17. The monoisotopic (exact) mass is 433 g/mol. The molecule has 2 aromatic heterocycles. The van der Waals surface area contributed by atoms with Crippen LogP contribution >= 0.6 is 11.3 Å². The molecule has 9 nitrogen and oxygen atoms in total. The normalized spacial score (nSPS) is 15.0. The van der Waals surface area contributed by atoms with Crippen molar-refractivity contribution < 1.29 is 19.1 Å². The highest BCUT2D eigenvalue weighted by atomic mass is 32.1. The molecule has 1 amide bonds. The minimum atomic E-state index is -0.502. The number of piperidine rings is 1. The first-order valence-corrected chi connectivity index (χ1v) is 10.6. The molecule has 0 radical (unpaired) electrons. The van der Waals surface area contributed by atoms with Crippen LogP contribution < -0.4 is 5.32 Å². The maximum absolute atomic E-state index is 12.3. The molecule has 0 atom stereocenters. The minimum absolute atomic E-state index is 0.158. The van der Waals surface area contributed by atoms with Crippen LogP contribution in [0.3, 0.4) is 0 Å². The summed E-state index contributed by atoms with van der Waals surface area (Å²) in [6.07, 6.45) is 2.73. The highest BCUT2D eigenvalue weighted by Crippen LogP contribution is 2.29. The Hall–Kier alpha value is -2.75. The van der Waals surface area contributed by atoms with Crippen LogP contribution in [-0.2, 0) is 9.47 Å². The van der Waals surface area contributed by atoms with E-state index in [1.54, 1.807) is 4.90 Å². The van der Waals surface area contributed by atoms with Crippen molar-refractivity contribution >= 4 is 34.3 Å². The molecule has 0 saturated carbocycles. The van der Waals surface area contributed by atoms with Crippen molar-refractivity contribution in [3.05, 3.63) is 28.7 Å². The van der Waals surface area contributed by atoms with Crippen LogP contribution in [0.1, 0.15) is 60.7 Å². The Kier molecular flexibility index (Phi) is 6.55. The zero-order chi connectivity index (χ0) is 21.9. The average molecular weight is 434 g/mol. The molecule has 1 saturated heterocycles. The second kappa shape index (κ2) is 8.95. The van der Waals surface area contributed by atoms with E-state index < -0.39 is 11.6 Å². The molecule has 1 N–H and O–H groups in total. The molecule has 1 aliphatic rings. The number of hydrogen-bond donors (Lipinski definition) is 1. The lowest BCUT2D eigenvalue weighted by molar-refractivity contribution is 0.0203. The van der Waals surface area contributed by atoms with Crippen LogP contribution in [0.2, 0.25) is 0 Å². The Morgan fingerprint density at radius 3 is 2.57 bits per heavy atom. The molecule has 0 unspecified atom stereocenters. The molecule has 0 aliphatic carbocycles. The summed E-state index contributed by atoms with van der Waals surface area (Å²) in [5.41, 5.74) is 0.333. The van der Waals surface area contributed by atoms with Crippen molar-refractivity contribution in [2.24, 2.45) is 0 Å². The van der Waals surface area contributed by atoms with Gasteiger partial charge in [-0.15, -0.1) is 0 Å². The molecule has 162 valence electrons. The maximum Gasteiger partial charge on any atom is 0.410 e. The molecule has 30 heavy (non-hydrogen) atoms. The van der Waals surface area contributed by atoms with E-state index in [0.717, 1.165) is 24.4 Å². The number of carbonyl (C=O) groups is 2. The quantitative estimate of drug-likeness (QED) is 0.724. The third-order valence-corrected chi connectivity index (χ3v) is 5.40. The minimum Gasteiger partial charge on any atom is -0.465 e. The van der Waals surface area contributed by atoms with Gasteiger partial charge < -0.3 is 19.7 Å². The van der Waals surface area contributed by atoms with E-state index >= 15 is 0 Å². The van der Waals surface area contributed by atoms with Crippen LogP contribution in [-0.4, -0.2) is 57.7 Å². The number of aryl methyl sites for hydroxylation is 1. The number of thiazole rings is 1. The van der Waals surface area contributed by atoms with E-state index in [2.05, 4.69) is 20.3 Å². The summed E-state index contributed by atoms with van der Waals surface area (Å²) in [6.45, 7) is 8.72. The molecule has 10 heteroatoms. The summed E-state index contributed by atoms with van der Waals surface area (Å²) in [5, 5.41) is 3.70. The lowest BCUT2D eigenvalue weighted by Crippen LogP contribution is -2.41. The van der Waals surface area contributed by atoms with Crippen LogP contribution in [0.15, 0.2) is 12.3 Å². The highest BCUT2D eigenvalue weighted by Gasteiger charge is 2.29. The number of nitrogens with zero attached hydrogens (tertiary/aromatic N) is 4. The lowest BCUT2D eigenvalue weighted by atomic mass is 9.96. The molecule has 0 aromatic carbocycles. The number of esters is 1. The van der Waals surface area contributed by atoms with Gasteiger partial charge in [-0.3, -0.25) is 0 Å². The molecule has 3 rings (SSSR count). The number of nitrogens with one attached hydrogen (secondary N) is 1. The van der Waals surface area contributed by atoms with E-state index in [-0.39, 0.29) is 12.0 Å². The Balaban J connectivity index is 1.65. The third kappa shape index (κ3) is 5.65. The van der Waals surface area contributed by atoms with Gasteiger partial charge in [0, 0.05) is 30.8 Å². The summed E-state index contributed by atoms with van der Waals surface area (Å²) in [4.78, 5) is 39.5. The first-order chi connectivity index (χ1) is 14.1. The predicted molar refractivity (Wildman–Crippen MR) is 113 cm³/mol. The van der Waals surface area contributed by atoms with Crippen LogP contribution in [0, 0.1) is 6.92 Å². The maximum atomic E-state index is 12.3. The fraction of sp³-hybridized carbons (Fsp3) is 0.550. The molecule has 0 bridgehead atoms. The van der Waals surface area contributed by atoms with Gasteiger partial charge in [0.2, 0.25) is 0 Å². The number of amides is 1. The summed E-state index contributed by atoms with van der Waals surface area (Å²) in [7, 11) is 1.34. The van der Waals surface area contributed by atoms with Gasteiger partial charge in [-0.1, -0.05) is 11.3 Å². The van der Waals surface area contributed by atoms with Crippen molar-refractivity contribution in [3.63, 3.8) is 0 Å². The number of rotatable bonds is 4. The first-order valence-electron chi connectivity index (χ1n) is 9.79. The topological polar surface area (TPSA) is 107 Å². The lowest BCUT2D eigenvalue weighted by Gasteiger charge is -2.33. The first kappa shape index (κ1) is 21.9. The number of carbonyl (C=O) groups excluding carboxylic acids is 2. The van der Waals surface area contributed by atoms with E-state index in [1.165, 1.54) is 24.6 Å². The largest absolute Gasteiger partial charge is 0.465 e. The fourth-order valence-electron chi connectivity index (χ4n) is 3.12. The van der Waals surface area contributed by atoms with Gasteiger partial charge in [0.05, 0.1) is 13.3 Å². The Morgan fingerprint density at radius 1 is 1.23 bits per heavy atom. The zero-order valence-corrected chi connectivity index (χ0v) is 18.7. The second-order valence-corrected chi connectivity index (χ2v) is 9.17. The van der Waals surface area contributed by atoms with Gasteiger partial charge in [0.1, 0.15) is 22.1 Å². The van der Waals surface area contributed by atoms with Crippen LogP contribution in [0.4, 0.5) is 15.7 Å². The third-order valence-electron chi connectivity index (χ3n) is 4.51. The van der Waals surface area contributed by atoms with Gasteiger partial charge in [-0.05, 0) is 40.5 Å². The predicted octanol–water partition coefficient (Wildman–Crippen LogP) is 3.89. The molecular weight excluding hydrogens is 406 g/mol. The second-order valence-electron chi connectivity index (χ2n) is 8.14. The number of anilines is 2. The standard InChI is InChI=1S/C20H27N5O4S/c1-12-10-15(24-18-21-11-14(30-18)17(26)28-5)23-16(22-12)13-6-8-25(9-7-13)19(27)29-20(2,3)4/h10-11,13H,6-9H2,1-5H3,(H,21,22,23,24). The smallest absolute Gasteiger partial charge is 0.410 e. The van der Waals surface area contributed by atoms with Crippen molar-refractivity contribution in [3.8, 4) is 0 Å². The molecule has 1 fully saturated rings. The van der Waals surface area contributed by atoms with Gasteiger partial charge >= 0.3 is 12.1 Å². The summed E-state index contributed by atoms with van der Waals surface area (Å²) >= 11 is 1.20. The van der Waals surface area contributed by atoms with E-state index in [1.807, 2.05) is 33.8 Å². The summed E-state index contributed by atoms with van der Waals surface area (Å²) in [6, 6.07) is 1.83. The molecule has 3 heterocycles. The van der Waals surface area contributed by atoms with Crippen molar-refractivity contribution in [2.75, 3.05) is 25.5 Å². The Bertz CT molecular complexity index is 916. The number of methoxy groups -OCH3 is 1. The van der Waals surface area contributed by atoms with Gasteiger partial charge in [-0.2, -0.15) is 0 Å². The fourth-order valence-corrected chi connectivity index (χ4v) is 3.86. The van der Waals surface area contributed by atoms with Gasteiger partial charge in [0.25, 0.3) is 0 Å². The van der Waals surface area contributed by atoms with Crippen LogP contribution in [0.5, 0.6) is 0 Å². The summed E-state index contributed by atoms with van der Waals surface area (Å²) in [5.74, 6) is 1.10. The zero-order valence-electron chi connectivity index (χ0n) is 17.9. The Morgan fingerprint density at radius 2 is 1.93 bits per heavy atom. The molecular formula is C20H27N5O4S. The molecule has 1 aliphatic heterocycles. The number of aromatic nitrogens is 3. The summed E-state index contributed by atoms with van der Waals surface area (Å²) < 4.78 is 10.2. The number of hydrogen-bond acceptors (Lipinski definition) is 9. The van der Waals surface area contributed by atoms with Gasteiger partial charge in [-0.25, -0.2) is 24.5 Å². The average Bonchev–Trinajstić information content (AvgIpc) is 3.14. The molecule has 2 aromatic rings. The van der Waals surface area contributed by atoms with Crippen molar-refractivity contribution in [2.45, 2.75) is 52.1 Å². The van der Waals surface area contributed by atoms with Crippen LogP contribution in [0.25, 0.3) is 0 Å². The number of likely N-dealkylation sites (tertiary alicyclic amines) is 1. The van der Waals surface area contributed by atoms with E-state index in [9.17, 15) is 9.59 Å². The van der Waals surface area contributed by atoms with Crippen molar-refractivity contribution in [1.82, 2.24) is 19.9 Å². The van der Waals surface area contributed by atoms with Gasteiger partial charge in [0.15, 0.2) is 5.13 Å². The molecule has 0 spiro atoms. The van der Waals surface area contributed by atoms with E-state index in [4.69, 9.17) is 9.47 Å².